The molecule has 3 aliphatic rings. The normalized spacial score (nSPS) is 28.9. The summed E-state index contributed by atoms with van der Waals surface area (Å²) in [6.07, 6.45) is -20.5. The van der Waals surface area contributed by atoms with E-state index in [9.17, 15) is 75.7 Å². The molecule has 0 aromatic rings. The Morgan fingerprint density at radius 3 is 0.817 bits per heavy atom. The lowest BCUT2D eigenvalue weighted by Crippen LogP contribution is -2.59. The molecule has 0 aromatic carbocycles. The van der Waals surface area contributed by atoms with Gasteiger partial charge in [0.1, 0.15) is 73.2 Å². The second-order valence-electron chi connectivity index (χ2n) is 18.8. The van der Waals surface area contributed by atoms with Crippen LogP contribution in [0.25, 0.3) is 0 Å². The Bertz CT molecular complexity index is 1450. The summed E-state index contributed by atoms with van der Waals surface area (Å²) in [7, 11) is 0. The van der Waals surface area contributed by atoms with Crippen LogP contribution in [0.2, 0.25) is 0 Å². The van der Waals surface area contributed by atoms with E-state index in [4.69, 9.17) is 71.1 Å². The molecule has 0 saturated carbocycles. The summed E-state index contributed by atoms with van der Waals surface area (Å²) in [5.74, 6) is -1.16. The molecule has 15 N–H and O–H groups in total. The van der Waals surface area contributed by atoms with Gasteiger partial charge >= 0.3 is 0 Å². The molecule has 3 aliphatic heterocycles. The quantitative estimate of drug-likeness (QED) is 0.0252. The smallest absolute Gasteiger partial charge is 0.222 e. The molecule has 0 aliphatic carbocycles. The van der Waals surface area contributed by atoms with Crippen molar-refractivity contribution in [2.24, 2.45) is 5.92 Å². The van der Waals surface area contributed by atoms with Gasteiger partial charge in [0.25, 0.3) is 0 Å². The van der Waals surface area contributed by atoms with Gasteiger partial charge in [-0.2, -0.15) is 0 Å². The summed E-state index contributed by atoms with van der Waals surface area (Å²) in [5.41, 5.74) is 0. The van der Waals surface area contributed by atoms with E-state index in [0.717, 1.165) is 0 Å². The van der Waals surface area contributed by atoms with Crippen molar-refractivity contribution >= 4 is 17.7 Å². The molecule has 82 heavy (non-hydrogen) atoms. The molecule has 33 nitrogen and oxygen atoms in total. The summed E-state index contributed by atoms with van der Waals surface area (Å²) >= 11 is 0. The van der Waals surface area contributed by atoms with Crippen molar-refractivity contribution in [1.82, 2.24) is 16.0 Å². The van der Waals surface area contributed by atoms with Crippen LogP contribution in [0, 0.1) is 5.92 Å². The van der Waals surface area contributed by atoms with Crippen LogP contribution in [0.15, 0.2) is 0 Å². The minimum absolute atomic E-state index is 0.00922. The van der Waals surface area contributed by atoms with Crippen LogP contribution < -0.4 is 16.0 Å². The molecule has 0 bridgehead atoms. The lowest BCUT2D eigenvalue weighted by molar-refractivity contribution is -0.302. The van der Waals surface area contributed by atoms with E-state index in [2.05, 4.69) is 16.0 Å². The third-order valence-electron chi connectivity index (χ3n) is 12.4. The first-order valence-electron chi connectivity index (χ1n) is 27.4. The third kappa shape index (κ3) is 29.6. The molecule has 33 heteroatoms. The topological polar surface area (TPSA) is 469 Å². The van der Waals surface area contributed by atoms with Crippen LogP contribution in [-0.2, 0) is 85.4 Å². The molecule has 3 saturated heterocycles. The number of aliphatic hydroxyl groups excluding tert-OH is 12. The number of hydrogen-bond acceptors (Lipinski definition) is 30. The Labute approximate surface area is 475 Å². The summed E-state index contributed by atoms with van der Waals surface area (Å²) in [5, 5.41) is 125. The standard InChI is InChI=1S/C49H91N3O30/c53-25-32-38(59)41(62)44(65)47(80-32)77-22-19-71-16-13-68-10-4-50-35(56)1-7-74-28-31(29-75-8-2-36(57)51-5-11-69-14-17-72-20-23-78-48-45(66)42(63)39(60)33(26-54)81-48)30-76-9-3-37(58)52-6-12-70-15-18-73-21-24-79-49-46(67)43(64)40(61)34(27-55)82-49/h31-34,38-49,53-55,59-67H,1-30H2,(H,50,56)(H,51,57)(H,52,58)/t31?,32?,33?,34?,38-,39-,40-,41?,42?,43?,44?,45?,46?,47+,48+,49+/m1/s1. The maximum absolute atomic E-state index is 12.4. The fourth-order valence-electron chi connectivity index (χ4n) is 7.69. The summed E-state index contributed by atoms with van der Waals surface area (Å²) in [6.45, 7) is 1.74. The molecule has 3 heterocycles. The zero-order valence-electron chi connectivity index (χ0n) is 46.2. The van der Waals surface area contributed by atoms with E-state index in [0.29, 0.717) is 0 Å². The van der Waals surface area contributed by atoms with Gasteiger partial charge in [-0.3, -0.25) is 14.4 Å². The Morgan fingerprint density at radius 2 is 0.561 bits per heavy atom. The molecular formula is C49H91N3O30. The first-order chi connectivity index (χ1) is 39.6. The highest BCUT2D eigenvalue weighted by Gasteiger charge is 2.46. The Morgan fingerprint density at radius 1 is 0.317 bits per heavy atom. The van der Waals surface area contributed by atoms with E-state index < -0.39 is 112 Å². The Hall–Kier alpha value is -2.67. The molecule has 3 rings (SSSR count). The van der Waals surface area contributed by atoms with Crippen LogP contribution in [0.1, 0.15) is 19.3 Å². The van der Waals surface area contributed by atoms with Crippen molar-refractivity contribution in [2.75, 3.05) is 178 Å². The maximum atomic E-state index is 12.4. The molecule has 482 valence electrons. The van der Waals surface area contributed by atoms with Gasteiger partial charge in [0.15, 0.2) is 18.9 Å². The first kappa shape index (κ1) is 73.6. The van der Waals surface area contributed by atoms with Crippen molar-refractivity contribution in [2.45, 2.75) is 111 Å². The Kier molecular flexibility index (Phi) is 40.1. The van der Waals surface area contributed by atoms with Crippen LogP contribution >= 0.6 is 0 Å². The minimum atomic E-state index is -1.55. The van der Waals surface area contributed by atoms with Gasteiger partial charge in [0, 0.05) is 44.8 Å². The second-order valence-corrected chi connectivity index (χ2v) is 18.8. The highest BCUT2D eigenvalue weighted by atomic mass is 16.7. The number of nitrogens with one attached hydrogen (secondary N) is 3. The predicted octanol–water partition coefficient (Wildman–Crippen LogP) is -9.28. The van der Waals surface area contributed by atoms with Gasteiger partial charge in [0.2, 0.25) is 17.7 Å². The van der Waals surface area contributed by atoms with Crippen LogP contribution in [0.3, 0.4) is 0 Å². The SMILES string of the molecule is O=C(CCOCC(COCCC(=O)NCCOCCOCCO[C@H]1OC(CO)[C@@H](O)C(O)C1O)COCCC(=O)NCCOCCOCCO[C@H]1OC(CO)[C@@H](O)C(O)C1O)NCCOCCOCCO[C@H]1OC(CO)[C@@H](O)C(O)C1O. The van der Waals surface area contributed by atoms with E-state index in [1.165, 1.54) is 0 Å². The van der Waals surface area contributed by atoms with Crippen LogP contribution in [-0.4, -0.2) is 349 Å². The summed E-state index contributed by atoms with van der Waals surface area (Å²) < 4.78 is 81.8. The number of ether oxygens (including phenoxy) is 15. The molecule has 0 aromatic heterocycles. The summed E-state index contributed by atoms with van der Waals surface area (Å²) in [6, 6.07) is 0. The lowest BCUT2D eigenvalue weighted by Gasteiger charge is -2.39. The molecule has 0 spiro atoms. The minimum Gasteiger partial charge on any atom is -0.394 e. The van der Waals surface area contributed by atoms with Gasteiger partial charge < -0.3 is 148 Å². The molecule has 15 atom stereocenters. The first-order valence-corrected chi connectivity index (χ1v) is 27.4. The highest BCUT2D eigenvalue weighted by Crippen LogP contribution is 2.24. The molecule has 3 amide bonds. The fourth-order valence-corrected chi connectivity index (χ4v) is 7.69. The number of aliphatic hydroxyl groups is 12. The van der Waals surface area contributed by atoms with E-state index >= 15 is 0 Å². The van der Waals surface area contributed by atoms with E-state index in [1.807, 2.05) is 0 Å². The van der Waals surface area contributed by atoms with Crippen molar-refractivity contribution < 1.29 is 147 Å². The predicted molar refractivity (Wildman–Crippen MR) is 273 cm³/mol. The van der Waals surface area contributed by atoms with E-state index in [1.54, 1.807) is 0 Å². The molecule has 0 radical (unpaired) electrons. The second kappa shape index (κ2) is 44.7. The molecule has 9 unspecified atom stereocenters. The number of rotatable bonds is 48. The number of carbonyl (C=O) groups excluding carboxylic acids is 3. The van der Waals surface area contributed by atoms with E-state index in [-0.39, 0.29) is 201 Å². The van der Waals surface area contributed by atoms with Crippen molar-refractivity contribution in [1.29, 1.82) is 0 Å². The average Bonchev–Trinajstić information content (AvgIpc) is 3.68. The lowest BCUT2D eigenvalue weighted by atomic mass is 9.99. The van der Waals surface area contributed by atoms with Gasteiger partial charge in [0.05, 0.1) is 159 Å². The van der Waals surface area contributed by atoms with Crippen molar-refractivity contribution in [3.8, 4) is 0 Å². The maximum Gasteiger partial charge on any atom is 0.222 e. The summed E-state index contributed by atoms with van der Waals surface area (Å²) in [4.78, 5) is 37.3. The average molecular weight is 1200 g/mol. The zero-order valence-corrected chi connectivity index (χ0v) is 46.2. The van der Waals surface area contributed by atoms with Gasteiger partial charge in [-0.25, -0.2) is 0 Å². The third-order valence-corrected chi connectivity index (χ3v) is 12.4. The zero-order chi connectivity index (χ0) is 59.9. The van der Waals surface area contributed by atoms with Gasteiger partial charge in [-0.15, -0.1) is 0 Å². The number of carbonyl (C=O) groups is 3. The number of amides is 3. The van der Waals surface area contributed by atoms with Crippen molar-refractivity contribution in [3.05, 3.63) is 0 Å². The van der Waals surface area contributed by atoms with Crippen LogP contribution in [0.5, 0.6) is 0 Å². The largest absolute Gasteiger partial charge is 0.394 e. The van der Waals surface area contributed by atoms with Gasteiger partial charge in [-0.05, 0) is 0 Å². The molecular weight excluding hydrogens is 1110 g/mol. The molecule has 3 fully saturated rings. The van der Waals surface area contributed by atoms with Gasteiger partial charge in [-0.1, -0.05) is 0 Å². The monoisotopic (exact) mass is 1200 g/mol. The van der Waals surface area contributed by atoms with Crippen molar-refractivity contribution in [3.63, 3.8) is 0 Å². The van der Waals surface area contributed by atoms with Crippen LogP contribution in [0.4, 0.5) is 0 Å². The Balaban J connectivity index is 1.24. The number of hydrogen-bond donors (Lipinski definition) is 15. The fraction of sp³-hybridized carbons (Fsp3) is 0.939. The highest BCUT2D eigenvalue weighted by molar-refractivity contribution is 5.76.